The van der Waals surface area contributed by atoms with Crippen LogP contribution in [-0.2, 0) is 6.54 Å². The third kappa shape index (κ3) is 6.30. The molecule has 0 atom stereocenters. The summed E-state index contributed by atoms with van der Waals surface area (Å²) in [6.45, 7) is 11.3. The van der Waals surface area contributed by atoms with Crippen LogP contribution in [0.3, 0.4) is 0 Å². The standard InChI is InChI=1S/C26H38N2O4/c1-20-8-10-23(21(2)18-20)32-17-7-6-12-27-13-15-28(16-14-27)19-22-9-11-24(29-3)26(31-5)25(22)30-4/h8-11,18H,6-7,12-17,19H2,1-5H3. The number of unbranched alkanes of at least 4 members (excludes halogenated alkanes) is 1. The van der Waals surface area contributed by atoms with E-state index in [-0.39, 0.29) is 0 Å². The van der Waals surface area contributed by atoms with E-state index >= 15 is 0 Å². The molecule has 3 rings (SSSR count). The highest BCUT2D eigenvalue weighted by Gasteiger charge is 2.21. The van der Waals surface area contributed by atoms with Gasteiger partial charge in [0.25, 0.3) is 0 Å². The molecule has 1 aliphatic rings. The smallest absolute Gasteiger partial charge is 0.203 e. The molecule has 0 aromatic heterocycles. The lowest BCUT2D eigenvalue weighted by Gasteiger charge is -2.35. The number of methoxy groups -OCH3 is 3. The lowest BCUT2D eigenvalue weighted by molar-refractivity contribution is 0.123. The van der Waals surface area contributed by atoms with Gasteiger partial charge in [-0.05, 0) is 50.9 Å². The van der Waals surface area contributed by atoms with Crippen LogP contribution in [0.1, 0.15) is 29.5 Å². The highest BCUT2D eigenvalue weighted by molar-refractivity contribution is 5.55. The summed E-state index contributed by atoms with van der Waals surface area (Å²) in [7, 11) is 4.98. The first-order chi connectivity index (χ1) is 15.5. The molecule has 0 saturated carbocycles. The molecule has 0 aliphatic carbocycles. The van der Waals surface area contributed by atoms with Crippen molar-refractivity contribution in [3.8, 4) is 23.0 Å². The summed E-state index contributed by atoms with van der Waals surface area (Å²) < 4.78 is 22.5. The van der Waals surface area contributed by atoms with Crippen LogP contribution in [0.15, 0.2) is 30.3 Å². The van der Waals surface area contributed by atoms with E-state index in [0.717, 1.165) is 75.8 Å². The van der Waals surface area contributed by atoms with Gasteiger partial charge in [-0.3, -0.25) is 4.90 Å². The molecule has 0 radical (unpaired) electrons. The van der Waals surface area contributed by atoms with Crippen molar-refractivity contribution in [2.24, 2.45) is 0 Å². The second-order valence-corrected chi connectivity index (χ2v) is 8.44. The molecule has 0 spiro atoms. The van der Waals surface area contributed by atoms with Gasteiger partial charge in [-0.1, -0.05) is 23.8 Å². The molecular formula is C26H38N2O4. The monoisotopic (exact) mass is 442 g/mol. The van der Waals surface area contributed by atoms with Crippen LogP contribution >= 0.6 is 0 Å². The van der Waals surface area contributed by atoms with Gasteiger partial charge >= 0.3 is 0 Å². The predicted octanol–water partition coefficient (Wildman–Crippen LogP) is 4.31. The summed E-state index contributed by atoms with van der Waals surface area (Å²) in [6, 6.07) is 10.4. The summed E-state index contributed by atoms with van der Waals surface area (Å²) in [5.41, 5.74) is 3.62. The van der Waals surface area contributed by atoms with E-state index in [4.69, 9.17) is 18.9 Å². The first-order valence-electron chi connectivity index (χ1n) is 11.5. The average molecular weight is 443 g/mol. The van der Waals surface area contributed by atoms with Gasteiger partial charge in [0.15, 0.2) is 11.5 Å². The van der Waals surface area contributed by atoms with Crippen molar-refractivity contribution in [3.63, 3.8) is 0 Å². The van der Waals surface area contributed by atoms with Gasteiger partial charge in [0, 0.05) is 38.3 Å². The lowest BCUT2D eigenvalue weighted by atomic mass is 10.1. The Morgan fingerprint density at radius 3 is 2.09 bits per heavy atom. The Kier molecular flexibility index (Phi) is 9.06. The first kappa shape index (κ1) is 24.2. The molecule has 1 aliphatic heterocycles. The Balaban J connectivity index is 1.39. The zero-order valence-corrected chi connectivity index (χ0v) is 20.3. The Bertz CT molecular complexity index is 863. The quantitative estimate of drug-likeness (QED) is 0.483. The second kappa shape index (κ2) is 12.0. The number of benzene rings is 2. The van der Waals surface area contributed by atoms with Crippen LogP contribution in [0.5, 0.6) is 23.0 Å². The predicted molar refractivity (Wildman–Crippen MR) is 128 cm³/mol. The molecule has 6 heteroatoms. The summed E-state index contributed by atoms with van der Waals surface area (Å²) in [5.74, 6) is 3.13. The number of nitrogens with zero attached hydrogens (tertiary/aromatic N) is 2. The van der Waals surface area contributed by atoms with Gasteiger partial charge in [0.05, 0.1) is 27.9 Å². The second-order valence-electron chi connectivity index (χ2n) is 8.44. The molecule has 32 heavy (non-hydrogen) atoms. The topological polar surface area (TPSA) is 43.4 Å². The minimum atomic E-state index is 0.661. The van der Waals surface area contributed by atoms with Crippen molar-refractivity contribution < 1.29 is 18.9 Å². The molecule has 1 saturated heterocycles. The van der Waals surface area contributed by atoms with Crippen molar-refractivity contribution in [2.75, 3.05) is 60.7 Å². The van der Waals surface area contributed by atoms with E-state index in [1.54, 1.807) is 21.3 Å². The summed E-state index contributed by atoms with van der Waals surface area (Å²) >= 11 is 0. The number of aryl methyl sites for hydroxylation is 2. The maximum atomic E-state index is 5.96. The number of piperazine rings is 1. The molecule has 2 aromatic rings. The van der Waals surface area contributed by atoms with Crippen molar-refractivity contribution in [1.29, 1.82) is 0 Å². The molecule has 2 aromatic carbocycles. The number of rotatable bonds is 11. The van der Waals surface area contributed by atoms with Crippen LogP contribution in [0.25, 0.3) is 0 Å². The zero-order valence-electron chi connectivity index (χ0n) is 20.3. The van der Waals surface area contributed by atoms with Crippen molar-refractivity contribution in [3.05, 3.63) is 47.0 Å². The van der Waals surface area contributed by atoms with E-state index in [1.807, 2.05) is 6.07 Å². The van der Waals surface area contributed by atoms with E-state index < -0.39 is 0 Å². The summed E-state index contributed by atoms with van der Waals surface area (Å²) in [5, 5.41) is 0. The summed E-state index contributed by atoms with van der Waals surface area (Å²) in [6.07, 6.45) is 2.24. The van der Waals surface area contributed by atoms with E-state index in [9.17, 15) is 0 Å². The van der Waals surface area contributed by atoms with Crippen LogP contribution in [-0.4, -0.2) is 70.5 Å². The number of ether oxygens (including phenoxy) is 4. The number of hydrogen-bond donors (Lipinski definition) is 0. The van der Waals surface area contributed by atoms with Crippen LogP contribution in [0.4, 0.5) is 0 Å². The molecule has 0 amide bonds. The summed E-state index contributed by atoms with van der Waals surface area (Å²) in [4.78, 5) is 5.03. The van der Waals surface area contributed by atoms with E-state index in [1.165, 1.54) is 11.1 Å². The minimum absolute atomic E-state index is 0.661. The van der Waals surface area contributed by atoms with Gasteiger partial charge < -0.3 is 23.8 Å². The molecule has 176 valence electrons. The fourth-order valence-electron chi connectivity index (χ4n) is 4.28. The van der Waals surface area contributed by atoms with Crippen LogP contribution in [0, 0.1) is 13.8 Å². The fraction of sp³-hybridized carbons (Fsp3) is 0.538. The largest absolute Gasteiger partial charge is 0.493 e. The van der Waals surface area contributed by atoms with Gasteiger partial charge in [-0.2, -0.15) is 0 Å². The molecule has 0 unspecified atom stereocenters. The Hall–Kier alpha value is -2.44. The van der Waals surface area contributed by atoms with Crippen molar-refractivity contribution in [1.82, 2.24) is 9.80 Å². The lowest BCUT2D eigenvalue weighted by Crippen LogP contribution is -2.46. The fourth-order valence-corrected chi connectivity index (χ4v) is 4.28. The van der Waals surface area contributed by atoms with Crippen LogP contribution in [0.2, 0.25) is 0 Å². The highest BCUT2D eigenvalue weighted by atomic mass is 16.5. The Morgan fingerprint density at radius 1 is 0.750 bits per heavy atom. The molecular weight excluding hydrogens is 404 g/mol. The van der Waals surface area contributed by atoms with Gasteiger partial charge in [-0.25, -0.2) is 0 Å². The van der Waals surface area contributed by atoms with E-state index in [0.29, 0.717) is 11.5 Å². The first-order valence-corrected chi connectivity index (χ1v) is 11.5. The maximum Gasteiger partial charge on any atom is 0.203 e. The highest BCUT2D eigenvalue weighted by Crippen LogP contribution is 2.40. The SMILES string of the molecule is COc1ccc(CN2CCN(CCCCOc3ccc(C)cc3C)CC2)c(OC)c1OC. The average Bonchev–Trinajstić information content (AvgIpc) is 2.80. The Labute approximate surface area is 193 Å². The van der Waals surface area contributed by atoms with Crippen LogP contribution < -0.4 is 18.9 Å². The van der Waals surface area contributed by atoms with Gasteiger partial charge in [0.1, 0.15) is 5.75 Å². The molecule has 0 bridgehead atoms. The van der Waals surface area contributed by atoms with Crippen molar-refractivity contribution in [2.45, 2.75) is 33.2 Å². The molecule has 0 N–H and O–H groups in total. The van der Waals surface area contributed by atoms with E-state index in [2.05, 4.69) is 47.9 Å². The normalized spacial score (nSPS) is 14.9. The molecule has 1 fully saturated rings. The van der Waals surface area contributed by atoms with Crippen molar-refractivity contribution >= 4 is 0 Å². The zero-order chi connectivity index (χ0) is 22.9. The maximum absolute atomic E-state index is 5.96. The minimum Gasteiger partial charge on any atom is -0.493 e. The van der Waals surface area contributed by atoms with Gasteiger partial charge in [-0.15, -0.1) is 0 Å². The third-order valence-corrected chi connectivity index (χ3v) is 6.10. The third-order valence-electron chi connectivity index (χ3n) is 6.10. The Morgan fingerprint density at radius 2 is 1.44 bits per heavy atom. The molecule has 6 nitrogen and oxygen atoms in total. The van der Waals surface area contributed by atoms with Gasteiger partial charge in [0.2, 0.25) is 5.75 Å². The molecule has 1 heterocycles. The number of hydrogen-bond acceptors (Lipinski definition) is 6.